The van der Waals surface area contributed by atoms with Crippen molar-refractivity contribution in [3.8, 4) is 0 Å². The molecule has 1 aliphatic heterocycles. The van der Waals surface area contributed by atoms with Crippen LogP contribution in [0.15, 0.2) is 33.6 Å². The van der Waals surface area contributed by atoms with Crippen molar-refractivity contribution in [1.29, 1.82) is 0 Å². The predicted molar refractivity (Wildman–Crippen MR) is 98.1 cm³/mol. The van der Waals surface area contributed by atoms with Gasteiger partial charge in [-0.05, 0) is 54.9 Å². The molecule has 2 aliphatic rings. The highest BCUT2D eigenvalue weighted by Gasteiger charge is 2.58. The van der Waals surface area contributed by atoms with Crippen LogP contribution in [-0.4, -0.2) is 34.2 Å². The fourth-order valence-electron chi connectivity index (χ4n) is 4.64. The third kappa shape index (κ3) is 2.41. The van der Waals surface area contributed by atoms with Crippen molar-refractivity contribution in [2.75, 3.05) is 13.2 Å². The van der Waals surface area contributed by atoms with Crippen LogP contribution < -0.4 is 5.76 Å². The lowest BCUT2D eigenvalue weighted by atomic mass is 9.91. The molecule has 1 saturated carbocycles. The lowest BCUT2D eigenvalue weighted by Crippen LogP contribution is -2.25. The highest BCUT2D eigenvalue weighted by atomic mass is 16.5. The Bertz CT molecular complexity index is 1070. The number of aldehydes is 1. The molecular weight excluding hydrogens is 346 g/mol. The second kappa shape index (κ2) is 5.92. The Hall–Kier alpha value is -2.67. The molecule has 1 saturated heterocycles. The molecule has 1 aromatic carbocycles. The summed E-state index contributed by atoms with van der Waals surface area (Å²) in [5, 5.41) is 4.97. The minimum atomic E-state index is -0.575. The summed E-state index contributed by atoms with van der Waals surface area (Å²) < 4.78 is 12.2. The first kappa shape index (κ1) is 16.5. The van der Waals surface area contributed by atoms with E-state index in [0.717, 1.165) is 49.7 Å². The van der Waals surface area contributed by atoms with E-state index in [-0.39, 0.29) is 5.92 Å². The van der Waals surface area contributed by atoms with Crippen LogP contribution in [0.3, 0.4) is 0 Å². The van der Waals surface area contributed by atoms with Crippen molar-refractivity contribution in [3.63, 3.8) is 0 Å². The van der Waals surface area contributed by atoms with E-state index in [4.69, 9.17) is 9.26 Å². The Balaban J connectivity index is 1.66. The van der Waals surface area contributed by atoms with Gasteiger partial charge in [-0.3, -0.25) is 14.3 Å². The van der Waals surface area contributed by atoms with Crippen molar-refractivity contribution in [2.45, 2.75) is 37.6 Å². The zero-order chi connectivity index (χ0) is 18.6. The Labute approximate surface area is 155 Å². The Kier molecular flexibility index (Phi) is 3.62. The van der Waals surface area contributed by atoms with Gasteiger partial charge in [-0.2, -0.15) is 0 Å². The maximum Gasteiger partial charge on any atom is 0.438 e. The van der Waals surface area contributed by atoms with Crippen LogP contribution in [0.5, 0.6) is 0 Å². The van der Waals surface area contributed by atoms with Gasteiger partial charge in [0, 0.05) is 24.1 Å². The van der Waals surface area contributed by atoms with E-state index in [0.29, 0.717) is 17.4 Å². The Morgan fingerprint density at radius 3 is 2.70 bits per heavy atom. The van der Waals surface area contributed by atoms with Gasteiger partial charge in [0.25, 0.3) is 0 Å². The molecule has 3 heterocycles. The summed E-state index contributed by atoms with van der Waals surface area (Å²) in [5.41, 5.74) is 2.31. The largest absolute Gasteiger partial charge is 0.438 e. The average molecular weight is 367 g/mol. The minimum absolute atomic E-state index is 0.239. The number of rotatable bonds is 4. The molecule has 1 N–H and O–H groups in total. The minimum Gasteiger partial charge on any atom is -0.381 e. The standard InChI is InChI=1S/C20H21N3O4/c1-12-10-20(12,18-21-19(25)27-22-18)23-16(11-24)9-15-8-14(2-3-17(15)23)13-4-6-26-7-5-13/h2-3,8-9,11-13H,4-7,10H2,1H3,(H,21,22,25). The third-order valence-corrected chi connectivity index (χ3v) is 6.19. The molecule has 0 spiro atoms. The van der Waals surface area contributed by atoms with Crippen molar-refractivity contribution < 1.29 is 14.1 Å². The number of hydrogen-bond acceptors (Lipinski definition) is 5. The maximum atomic E-state index is 11.8. The van der Waals surface area contributed by atoms with Crippen molar-refractivity contribution >= 4 is 17.2 Å². The van der Waals surface area contributed by atoms with Crippen molar-refractivity contribution in [3.05, 3.63) is 51.9 Å². The van der Waals surface area contributed by atoms with E-state index >= 15 is 0 Å². The van der Waals surface area contributed by atoms with Crippen LogP contribution >= 0.6 is 0 Å². The van der Waals surface area contributed by atoms with Crippen molar-refractivity contribution in [1.82, 2.24) is 14.7 Å². The maximum absolute atomic E-state index is 11.8. The number of nitrogens with one attached hydrogen (secondary N) is 1. The van der Waals surface area contributed by atoms with E-state index in [2.05, 4.69) is 35.3 Å². The van der Waals surface area contributed by atoms with Crippen LogP contribution in [0.1, 0.15) is 54.0 Å². The zero-order valence-electron chi connectivity index (χ0n) is 15.1. The molecule has 0 bridgehead atoms. The molecular formula is C20H21N3O4. The molecule has 5 rings (SSSR count). The highest BCUT2D eigenvalue weighted by molar-refractivity contribution is 5.90. The molecule has 27 heavy (non-hydrogen) atoms. The molecule has 2 fully saturated rings. The fraction of sp³-hybridized carbons (Fsp3) is 0.450. The van der Waals surface area contributed by atoms with Gasteiger partial charge in [-0.1, -0.05) is 18.1 Å². The number of H-pyrrole nitrogens is 1. The van der Waals surface area contributed by atoms with Gasteiger partial charge in [0.1, 0.15) is 5.54 Å². The predicted octanol–water partition coefficient (Wildman–Crippen LogP) is 2.81. The topological polar surface area (TPSA) is 90.1 Å². The SMILES string of the molecule is CC1CC1(c1noc(=O)[nH]1)n1c(C=O)cc2cc(C3CCOCC3)ccc21. The number of ether oxygens (including phenoxy) is 1. The molecule has 0 radical (unpaired) electrons. The van der Waals surface area contributed by atoms with Crippen LogP contribution in [0, 0.1) is 5.92 Å². The first-order valence-electron chi connectivity index (χ1n) is 9.39. The third-order valence-electron chi connectivity index (χ3n) is 6.19. The van der Waals surface area contributed by atoms with E-state index in [9.17, 15) is 9.59 Å². The molecule has 1 aliphatic carbocycles. The first-order chi connectivity index (χ1) is 13.1. The van der Waals surface area contributed by atoms with Gasteiger partial charge in [-0.15, -0.1) is 0 Å². The van der Waals surface area contributed by atoms with Crippen LogP contribution in [0.25, 0.3) is 10.9 Å². The lowest BCUT2D eigenvalue weighted by Gasteiger charge is -2.23. The number of aromatic nitrogens is 3. The average Bonchev–Trinajstić information content (AvgIpc) is 3.04. The molecule has 0 amide bonds. The van der Waals surface area contributed by atoms with Gasteiger partial charge >= 0.3 is 5.76 Å². The van der Waals surface area contributed by atoms with E-state index < -0.39 is 11.3 Å². The summed E-state index contributed by atoms with van der Waals surface area (Å²) in [5.74, 6) is 0.637. The molecule has 2 aromatic heterocycles. The number of benzene rings is 1. The van der Waals surface area contributed by atoms with Crippen LogP contribution in [-0.2, 0) is 10.3 Å². The van der Waals surface area contributed by atoms with E-state index in [1.54, 1.807) is 0 Å². The highest BCUT2D eigenvalue weighted by Crippen LogP contribution is 2.55. The van der Waals surface area contributed by atoms with Gasteiger partial charge in [-0.25, -0.2) is 4.79 Å². The summed E-state index contributed by atoms with van der Waals surface area (Å²) in [4.78, 5) is 26.0. The fourth-order valence-corrected chi connectivity index (χ4v) is 4.64. The molecule has 3 aromatic rings. The second-order valence-corrected chi connectivity index (χ2v) is 7.70. The van der Waals surface area contributed by atoms with Gasteiger partial charge in [0.15, 0.2) is 12.1 Å². The summed E-state index contributed by atoms with van der Waals surface area (Å²) in [6, 6.07) is 8.34. The van der Waals surface area contributed by atoms with Crippen LogP contribution in [0.2, 0.25) is 0 Å². The van der Waals surface area contributed by atoms with Gasteiger partial charge < -0.3 is 9.30 Å². The van der Waals surface area contributed by atoms with E-state index in [1.807, 2.05) is 10.6 Å². The lowest BCUT2D eigenvalue weighted by molar-refractivity contribution is 0.0853. The molecule has 2 atom stereocenters. The van der Waals surface area contributed by atoms with E-state index in [1.165, 1.54) is 5.56 Å². The zero-order valence-corrected chi connectivity index (χ0v) is 15.1. The van der Waals surface area contributed by atoms with Crippen molar-refractivity contribution in [2.24, 2.45) is 5.92 Å². The summed E-state index contributed by atoms with van der Waals surface area (Å²) >= 11 is 0. The number of aromatic amines is 1. The number of carbonyl (C=O) groups is 1. The first-order valence-corrected chi connectivity index (χ1v) is 9.39. The van der Waals surface area contributed by atoms with Gasteiger partial charge in [0.2, 0.25) is 0 Å². The quantitative estimate of drug-likeness (QED) is 0.716. The Morgan fingerprint density at radius 1 is 1.30 bits per heavy atom. The Morgan fingerprint density at radius 2 is 2.07 bits per heavy atom. The van der Waals surface area contributed by atoms with Crippen LogP contribution in [0.4, 0.5) is 0 Å². The normalized spacial score (nSPS) is 25.7. The number of carbonyl (C=O) groups excluding carboxylic acids is 1. The summed E-state index contributed by atoms with van der Waals surface area (Å²) in [6.45, 7) is 3.68. The summed E-state index contributed by atoms with van der Waals surface area (Å²) in [6.07, 6.45) is 3.71. The monoisotopic (exact) mass is 367 g/mol. The molecule has 140 valence electrons. The second-order valence-electron chi connectivity index (χ2n) is 7.70. The number of hydrogen-bond donors (Lipinski definition) is 1. The number of fused-ring (bicyclic) bond motifs is 1. The molecule has 7 heteroatoms. The number of nitrogens with zero attached hydrogens (tertiary/aromatic N) is 2. The smallest absolute Gasteiger partial charge is 0.381 e. The molecule has 2 unspecified atom stereocenters. The van der Waals surface area contributed by atoms with Gasteiger partial charge in [0.05, 0.1) is 5.69 Å². The summed E-state index contributed by atoms with van der Waals surface area (Å²) in [7, 11) is 0. The molecule has 7 nitrogen and oxygen atoms in total.